The van der Waals surface area contributed by atoms with E-state index >= 15 is 0 Å². The topological polar surface area (TPSA) is 39.1 Å². The zero-order valence-corrected chi connectivity index (χ0v) is 12.5. The van der Waals surface area contributed by atoms with Gasteiger partial charge < -0.3 is 10.1 Å². The molecule has 0 aliphatic heterocycles. The summed E-state index contributed by atoms with van der Waals surface area (Å²) in [5.74, 6) is 0. The van der Waals surface area contributed by atoms with Crippen molar-refractivity contribution in [2.24, 2.45) is 0 Å². The normalized spacial score (nSPS) is 14.7. The lowest BCUT2D eigenvalue weighted by Gasteiger charge is -2.23. The van der Waals surface area contributed by atoms with E-state index in [1.165, 1.54) is 0 Å². The van der Waals surface area contributed by atoms with E-state index in [1.807, 2.05) is 4.68 Å². The summed E-state index contributed by atoms with van der Waals surface area (Å²) in [4.78, 5) is 0. The Morgan fingerprint density at radius 3 is 2.78 bits per heavy atom. The van der Waals surface area contributed by atoms with Crippen molar-refractivity contribution < 1.29 is 4.74 Å². The SMILES string of the molecule is CCCNC(CC(C)OC)c1c(Cl)cnn1CC. The summed E-state index contributed by atoms with van der Waals surface area (Å²) in [7, 11) is 1.74. The molecule has 2 unspecified atom stereocenters. The lowest BCUT2D eigenvalue weighted by atomic mass is 10.1. The van der Waals surface area contributed by atoms with Crippen LogP contribution in [0.5, 0.6) is 0 Å². The fourth-order valence-electron chi connectivity index (χ4n) is 2.01. The molecule has 1 rings (SSSR count). The second-order valence-corrected chi connectivity index (χ2v) is 4.89. The van der Waals surface area contributed by atoms with Crippen LogP contribution in [0.2, 0.25) is 5.02 Å². The molecular weight excluding hydrogens is 250 g/mol. The average molecular weight is 274 g/mol. The first kappa shape index (κ1) is 15.5. The third kappa shape index (κ3) is 3.97. The van der Waals surface area contributed by atoms with E-state index in [1.54, 1.807) is 13.3 Å². The smallest absolute Gasteiger partial charge is 0.0834 e. The van der Waals surface area contributed by atoms with Gasteiger partial charge in [-0.3, -0.25) is 4.68 Å². The maximum atomic E-state index is 6.26. The quantitative estimate of drug-likeness (QED) is 0.791. The first-order valence-corrected chi connectivity index (χ1v) is 6.99. The van der Waals surface area contributed by atoms with Gasteiger partial charge in [0.2, 0.25) is 0 Å². The van der Waals surface area contributed by atoms with E-state index in [0.29, 0.717) is 0 Å². The largest absolute Gasteiger partial charge is 0.382 e. The van der Waals surface area contributed by atoms with Crippen LogP contribution in [0.4, 0.5) is 0 Å². The number of methoxy groups -OCH3 is 1. The molecule has 0 spiro atoms. The van der Waals surface area contributed by atoms with E-state index in [2.05, 4.69) is 31.2 Å². The van der Waals surface area contributed by atoms with Gasteiger partial charge in [0.25, 0.3) is 0 Å². The summed E-state index contributed by atoms with van der Waals surface area (Å²) < 4.78 is 7.32. The van der Waals surface area contributed by atoms with Crippen LogP contribution in [0.15, 0.2) is 6.20 Å². The lowest BCUT2D eigenvalue weighted by molar-refractivity contribution is 0.0993. The number of aryl methyl sites for hydroxylation is 1. The Balaban J connectivity index is 2.89. The maximum absolute atomic E-state index is 6.26. The number of rotatable bonds is 8. The maximum Gasteiger partial charge on any atom is 0.0834 e. The molecule has 4 nitrogen and oxygen atoms in total. The van der Waals surface area contributed by atoms with E-state index in [0.717, 1.165) is 36.6 Å². The molecule has 1 heterocycles. The van der Waals surface area contributed by atoms with Crippen molar-refractivity contribution in [3.63, 3.8) is 0 Å². The Bertz CT molecular complexity index is 354. The Labute approximate surface area is 115 Å². The molecule has 1 aromatic heterocycles. The number of nitrogens with zero attached hydrogens (tertiary/aromatic N) is 2. The average Bonchev–Trinajstić information content (AvgIpc) is 2.75. The van der Waals surface area contributed by atoms with Crippen LogP contribution in [0.25, 0.3) is 0 Å². The van der Waals surface area contributed by atoms with Crippen molar-refractivity contribution >= 4 is 11.6 Å². The Hall–Kier alpha value is -0.580. The standard InChI is InChI=1S/C13H24ClN3O/c1-5-7-15-12(8-10(3)18-4)13-11(14)9-16-17(13)6-2/h9-10,12,15H,5-8H2,1-4H3. The minimum Gasteiger partial charge on any atom is -0.382 e. The highest BCUT2D eigenvalue weighted by atomic mass is 35.5. The zero-order chi connectivity index (χ0) is 13.5. The summed E-state index contributed by atoms with van der Waals surface area (Å²) in [6.45, 7) is 8.09. The van der Waals surface area contributed by atoms with Crippen LogP contribution in [-0.4, -0.2) is 29.5 Å². The fraction of sp³-hybridized carbons (Fsp3) is 0.769. The van der Waals surface area contributed by atoms with Gasteiger partial charge in [-0.25, -0.2) is 0 Å². The predicted octanol–water partition coefficient (Wildman–Crippen LogP) is 3.02. The van der Waals surface area contributed by atoms with Crippen molar-refractivity contribution in [1.82, 2.24) is 15.1 Å². The molecule has 0 bridgehead atoms. The number of hydrogen-bond acceptors (Lipinski definition) is 3. The van der Waals surface area contributed by atoms with Crippen molar-refractivity contribution in [2.75, 3.05) is 13.7 Å². The van der Waals surface area contributed by atoms with Crippen LogP contribution >= 0.6 is 11.6 Å². The van der Waals surface area contributed by atoms with Crippen LogP contribution in [0, 0.1) is 0 Å². The highest BCUT2D eigenvalue weighted by molar-refractivity contribution is 6.31. The number of halogens is 1. The monoisotopic (exact) mass is 273 g/mol. The Kier molecular flexibility index (Phi) is 6.68. The Morgan fingerprint density at radius 2 is 2.22 bits per heavy atom. The molecule has 0 aromatic carbocycles. The molecule has 2 atom stereocenters. The summed E-state index contributed by atoms with van der Waals surface area (Å²) >= 11 is 6.26. The first-order valence-electron chi connectivity index (χ1n) is 6.61. The molecule has 0 radical (unpaired) electrons. The van der Waals surface area contributed by atoms with Crippen LogP contribution < -0.4 is 5.32 Å². The van der Waals surface area contributed by atoms with Gasteiger partial charge in [-0.15, -0.1) is 0 Å². The van der Waals surface area contributed by atoms with Gasteiger partial charge in [0.05, 0.1) is 29.1 Å². The molecule has 18 heavy (non-hydrogen) atoms. The minimum absolute atomic E-state index is 0.190. The number of ether oxygens (including phenoxy) is 1. The minimum atomic E-state index is 0.190. The van der Waals surface area contributed by atoms with Gasteiger partial charge >= 0.3 is 0 Å². The van der Waals surface area contributed by atoms with Gasteiger partial charge in [0.15, 0.2) is 0 Å². The molecule has 0 fully saturated rings. The molecule has 0 aliphatic carbocycles. The molecule has 5 heteroatoms. The van der Waals surface area contributed by atoms with E-state index in [4.69, 9.17) is 16.3 Å². The number of aromatic nitrogens is 2. The second kappa shape index (κ2) is 7.77. The van der Waals surface area contributed by atoms with Gasteiger partial charge in [0, 0.05) is 13.7 Å². The molecule has 0 aliphatic rings. The summed E-state index contributed by atoms with van der Waals surface area (Å²) in [6, 6.07) is 0.190. The number of hydrogen-bond donors (Lipinski definition) is 1. The summed E-state index contributed by atoms with van der Waals surface area (Å²) in [5, 5.41) is 8.56. The highest BCUT2D eigenvalue weighted by Gasteiger charge is 2.21. The molecule has 104 valence electrons. The van der Waals surface area contributed by atoms with Crippen molar-refractivity contribution in [3.05, 3.63) is 16.9 Å². The zero-order valence-electron chi connectivity index (χ0n) is 11.7. The van der Waals surface area contributed by atoms with E-state index < -0.39 is 0 Å². The molecule has 0 saturated carbocycles. The molecule has 0 amide bonds. The predicted molar refractivity (Wildman–Crippen MR) is 75.0 cm³/mol. The molecule has 1 N–H and O–H groups in total. The van der Waals surface area contributed by atoms with Gasteiger partial charge in [-0.1, -0.05) is 18.5 Å². The van der Waals surface area contributed by atoms with Crippen molar-refractivity contribution in [2.45, 2.75) is 52.3 Å². The first-order chi connectivity index (χ1) is 8.63. The summed E-state index contributed by atoms with van der Waals surface area (Å²) in [6.07, 6.45) is 3.89. The third-order valence-electron chi connectivity index (χ3n) is 3.07. The van der Waals surface area contributed by atoms with Crippen LogP contribution in [0.1, 0.15) is 45.3 Å². The molecular formula is C13H24ClN3O. The van der Waals surface area contributed by atoms with Gasteiger partial charge in [-0.05, 0) is 33.2 Å². The number of nitrogens with one attached hydrogen (secondary N) is 1. The second-order valence-electron chi connectivity index (χ2n) is 4.48. The van der Waals surface area contributed by atoms with Crippen LogP contribution in [-0.2, 0) is 11.3 Å². The van der Waals surface area contributed by atoms with Crippen LogP contribution in [0.3, 0.4) is 0 Å². The van der Waals surface area contributed by atoms with Crippen molar-refractivity contribution in [1.29, 1.82) is 0 Å². The Morgan fingerprint density at radius 1 is 1.50 bits per heavy atom. The van der Waals surface area contributed by atoms with Gasteiger partial charge in [-0.2, -0.15) is 5.10 Å². The molecule has 0 saturated heterocycles. The van der Waals surface area contributed by atoms with Gasteiger partial charge in [0.1, 0.15) is 0 Å². The molecule has 1 aromatic rings. The van der Waals surface area contributed by atoms with E-state index in [9.17, 15) is 0 Å². The third-order valence-corrected chi connectivity index (χ3v) is 3.36. The summed E-state index contributed by atoms with van der Waals surface area (Å²) in [5.41, 5.74) is 1.07. The van der Waals surface area contributed by atoms with Crippen molar-refractivity contribution in [3.8, 4) is 0 Å². The van der Waals surface area contributed by atoms with E-state index in [-0.39, 0.29) is 12.1 Å². The lowest BCUT2D eigenvalue weighted by Crippen LogP contribution is -2.28. The highest BCUT2D eigenvalue weighted by Crippen LogP contribution is 2.26. The fourth-order valence-corrected chi connectivity index (χ4v) is 2.28.